The Morgan fingerprint density at radius 1 is 1.25 bits per heavy atom. The molecule has 0 radical (unpaired) electrons. The molecule has 2 aromatic rings. The smallest absolute Gasteiger partial charge is 0.251 e. The number of amides is 1. The average Bonchev–Trinajstić information content (AvgIpc) is 2.91. The van der Waals surface area contributed by atoms with Crippen molar-refractivity contribution >= 4 is 5.91 Å². The van der Waals surface area contributed by atoms with Gasteiger partial charge in [0.1, 0.15) is 0 Å². The van der Waals surface area contributed by atoms with Crippen LogP contribution in [0.4, 0.5) is 0 Å². The van der Waals surface area contributed by atoms with E-state index in [1.54, 1.807) is 0 Å². The Balaban J connectivity index is 2.06. The van der Waals surface area contributed by atoms with Crippen LogP contribution in [0.1, 0.15) is 55.5 Å². The molecule has 1 aromatic heterocycles. The van der Waals surface area contributed by atoms with E-state index in [0.717, 1.165) is 0 Å². The van der Waals surface area contributed by atoms with Gasteiger partial charge in [-0.15, -0.1) is 10.2 Å². The molecule has 0 fully saturated rings. The van der Waals surface area contributed by atoms with Crippen LogP contribution in [0.5, 0.6) is 0 Å². The first-order valence-corrected chi connectivity index (χ1v) is 6.52. The third-order valence-corrected chi connectivity index (χ3v) is 3.11. The van der Waals surface area contributed by atoms with Crippen LogP contribution in [0.15, 0.2) is 24.3 Å². The van der Waals surface area contributed by atoms with Crippen molar-refractivity contribution in [3.8, 4) is 0 Å². The van der Waals surface area contributed by atoms with E-state index in [1.165, 1.54) is 5.56 Å². The standard InChI is InChI=1S/C14H19N5O/c1-9(12-16-18-19-17-12)15-13(20)10-5-7-11(8-6-10)14(2,3)4/h5-9H,1-4H3,(H,15,20)(H,16,17,18,19). The topological polar surface area (TPSA) is 83.6 Å². The van der Waals surface area contributed by atoms with Crippen LogP contribution in [0.25, 0.3) is 0 Å². The maximum atomic E-state index is 12.1. The molecule has 6 heteroatoms. The summed E-state index contributed by atoms with van der Waals surface area (Å²) in [6, 6.07) is 7.34. The molecule has 0 aliphatic carbocycles. The SMILES string of the molecule is CC(NC(=O)c1ccc(C(C)(C)C)cc1)c1nn[nH]n1. The Morgan fingerprint density at radius 3 is 2.40 bits per heavy atom. The third kappa shape index (κ3) is 3.20. The van der Waals surface area contributed by atoms with Crippen molar-refractivity contribution in [2.45, 2.75) is 39.2 Å². The zero-order valence-corrected chi connectivity index (χ0v) is 12.1. The molecule has 0 saturated carbocycles. The molecule has 20 heavy (non-hydrogen) atoms. The van der Waals surface area contributed by atoms with E-state index in [9.17, 15) is 4.79 Å². The second-order valence-electron chi connectivity index (χ2n) is 5.79. The number of nitrogens with zero attached hydrogens (tertiary/aromatic N) is 3. The van der Waals surface area contributed by atoms with Crippen LogP contribution >= 0.6 is 0 Å². The fraction of sp³-hybridized carbons (Fsp3) is 0.429. The lowest BCUT2D eigenvalue weighted by Crippen LogP contribution is -2.27. The van der Waals surface area contributed by atoms with Crippen LogP contribution in [-0.4, -0.2) is 26.5 Å². The molecule has 1 heterocycles. The first-order chi connectivity index (χ1) is 9.38. The molecule has 2 N–H and O–H groups in total. The van der Waals surface area contributed by atoms with Gasteiger partial charge >= 0.3 is 0 Å². The van der Waals surface area contributed by atoms with Gasteiger partial charge < -0.3 is 5.32 Å². The monoisotopic (exact) mass is 273 g/mol. The number of carbonyl (C=O) groups is 1. The quantitative estimate of drug-likeness (QED) is 0.895. The lowest BCUT2D eigenvalue weighted by molar-refractivity contribution is 0.0938. The highest BCUT2D eigenvalue weighted by Crippen LogP contribution is 2.22. The fourth-order valence-electron chi connectivity index (χ4n) is 1.82. The molecule has 1 unspecified atom stereocenters. The fourth-order valence-corrected chi connectivity index (χ4v) is 1.82. The van der Waals surface area contributed by atoms with Gasteiger partial charge in [0, 0.05) is 5.56 Å². The first kappa shape index (κ1) is 14.2. The highest BCUT2D eigenvalue weighted by atomic mass is 16.1. The van der Waals surface area contributed by atoms with Crippen molar-refractivity contribution in [3.05, 3.63) is 41.2 Å². The van der Waals surface area contributed by atoms with Gasteiger partial charge in [0.25, 0.3) is 5.91 Å². The van der Waals surface area contributed by atoms with Gasteiger partial charge in [0.2, 0.25) is 0 Å². The Hall–Kier alpha value is -2.24. The van der Waals surface area contributed by atoms with Crippen LogP contribution < -0.4 is 5.32 Å². The summed E-state index contributed by atoms with van der Waals surface area (Å²) >= 11 is 0. The number of carbonyl (C=O) groups excluding carboxylic acids is 1. The minimum Gasteiger partial charge on any atom is -0.342 e. The molecule has 1 aromatic carbocycles. The van der Waals surface area contributed by atoms with Crippen LogP contribution in [0.3, 0.4) is 0 Å². The van der Waals surface area contributed by atoms with E-state index in [4.69, 9.17) is 0 Å². The highest BCUT2D eigenvalue weighted by Gasteiger charge is 2.16. The number of hydrogen-bond donors (Lipinski definition) is 2. The normalized spacial score (nSPS) is 13.0. The Morgan fingerprint density at radius 2 is 1.90 bits per heavy atom. The molecule has 0 saturated heterocycles. The number of rotatable bonds is 3. The first-order valence-electron chi connectivity index (χ1n) is 6.52. The second kappa shape index (κ2) is 5.40. The van der Waals surface area contributed by atoms with E-state index in [2.05, 4.69) is 46.7 Å². The largest absolute Gasteiger partial charge is 0.342 e. The molecule has 0 aliphatic heterocycles. The lowest BCUT2D eigenvalue weighted by atomic mass is 9.86. The van der Waals surface area contributed by atoms with Crippen molar-refractivity contribution in [3.63, 3.8) is 0 Å². The minimum absolute atomic E-state index is 0.0763. The van der Waals surface area contributed by atoms with Crippen molar-refractivity contribution < 1.29 is 4.79 Å². The Labute approximate surface area is 118 Å². The molecular weight excluding hydrogens is 254 g/mol. The average molecular weight is 273 g/mol. The number of tetrazole rings is 1. The molecule has 0 bridgehead atoms. The van der Waals surface area contributed by atoms with E-state index < -0.39 is 0 Å². The second-order valence-corrected chi connectivity index (χ2v) is 5.79. The van der Waals surface area contributed by atoms with Gasteiger partial charge in [-0.2, -0.15) is 5.21 Å². The number of aromatic amines is 1. The van der Waals surface area contributed by atoms with E-state index >= 15 is 0 Å². The maximum Gasteiger partial charge on any atom is 0.251 e. The van der Waals surface area contributed by atoms with E-state index in [0.29, 0.717) is 11.4 Å². The summed E-state index contributed by atoms with van der Waals surface area (Å²) in [6.07, 6.45) is 0. The summed E-state index contributed by atoms with van der Waals surface area (Å²) in [5.74, 6) is 0.312. The van der Waals surface area contributed by atoms with Crippen LogP contribution in [0.2, 0.25) is 0 Å². The highest BCUT2D eigenvalue weighted by molar-refractivity contribution is 5.94. The molecular formula is C14H19N5O. The summed E-state index contributed by atoms with van der Waals surface area (Å²) < 4.78 is 0. The lowest BCUT2D eigenvalue weighted by Gasteiger charge is -2.19. The minimum atomic E-state index is -0.288. The molecule has 106 valence electrons. The Bertz CT molecular complexity index is 569. The van der Waals surface area contributed by atoms with Crippen molar-refractivity contribution in [1.82, 2.24) is 25.9 Å². The molecule has 1 amide bonds. The molecule has 6 nitrogen and oxygen atoms in total. The zero-order chi connectivity index (χ0) is 14.8. The van der Waals surface area contributed by atoms with Gasteiger partial charge in [-0.25, -0.2) is 0 Å². The van der Waals surface area contributed by atoms with Crippen molar-refractivity contribution in [2.24, 2.45) is 0 Å². The predicted octanol–water partition coefficient (Wildman–Crippen LogP) is 1.99. The molecule has 2 rings (SSSR count). The summed E-state index contributed by atoms with van der Waals surface area (Å²) in [6.45, 7) is 8.23. The van der Waals surface area contributed by atoms with Gasteiger partial charge in [0.15, 0.2) is 5.82 Å². The summed E-state index contributed by atoms with van der Waals surface area (Å²) in [5.41, 5.74) is 1.89. The maximum absolute atomic E-state index is 12.1. The summed E-state index contributed by atoms with van der Waals surface area (Å²) in [7, 11) is 0. The van der Waals surface area contributed by atoms with Gasteiger partial charge in [-0.05, 0) is 30.0 Å². The Kier molecular flexibility index (Phi) is 3.83. The number of hydrogen-bond acceptors (Lipinski definition) is 4. The van der Waals surface area contributed by atoms with Gasteiger partial charge in [0.05, 0.1) is 6.04 Å². The van der Waals surface area contributed by atoms with Crippen LogP contribution in [0, 0.1) is 0 Å². The third-order valence-electron chi connectivity index (χ3n) is 3.11. The number of benzene rings is 1. The van der Waals surface area contributed by atoms with Gasteiger partial charge in [-0.1, -0.05) is 38.1 Å². The van der Waals surface area contributed by atoms with Crippen LogP contribution in [-0.2, 0) is 5.41 Å². The van der Waals surface area contributed by atoms with Gasteiger partial charge in [-0.3, -0.25) is 4.79 Å². The van der Waals surface area contributed by atoms with E-state index in [1.807, 2.05) is 31.2 Å². The summed E-state index contributed by atoms with van der Waals surface area (Å²) in [4.78, 5) is 12.1. The number of aromatic nitrogens is 4. The van der Waals surface area contributed by atoms with Crippen molar-refractivity contribution in [1.29, 1.82) is 0 Å². The number of H-pyrrole nitrogens is 1. The van der Waals surface area contributed by atoms with Crippen molar-refractivity contribution in [2.75, 3.05) is 0 Å². The summed E-state index contributed by atoms with van der Waals surface area (Å²) in [5, 5.41) is 16.4. The van der Waals surface area contributed by atoms with E-state index in [-0.39, 0.29) is 17.4 Å². The number of nitrogens with one attached hydrogen (secondary N) is 2. The molecule has 1 atom stereocenters. The zero-order valence-electron chi connectivity index (χ0n) is 12.1. The predicted molar refractivity (Wildman–Crippen MR) is 75.2 cm³/mol. The molecule has 0 spiro atoms. The molecule has 0 aliphatic rings.